The molecule has 0 atom stereocenters. The molecule has 5 heteroatoms. The zero-order chi connectivity index (χ0) is 12.5. The largest absolute Gasteiger partial charge is 0.494 e. The molecule has 0 saturated carbocycles. The molecular weight excluding hydrogens is 295 g/mol. The molecule has 2 aromatic rings. The van der Waals surface area contributed by atoms with Crippen molar-refractivity contribution in [2.24, 2.45) is 0 Å². The monoisotopic (exact) mass is 304 g/mol. The van der Waals surface area contributed by atoms with Gasteiger partial charge in [0.15, 0.2) is 0 Å². The maximum atomic E-state index is 6.17. The van der Waals surface area contributed by atoms with Crippen LogP contribution in [-0.2, 0) is 0 Å². The highest BCUT2D eigenvalue weighted by atomic mass is 35.8. The predicted octanol–water partition coefficient (Wildman–Crippen LogP) is 4.10. The molecule has 0 radical (unpaired) electrons. The van der Waals surface area contributed by atoms with Gasteiger partial charge in [0.05, 0.1) is 6.61 Å². The summed E-state index contributed by atoms with van der Waals surface area (Å²) in [6.07, 6.45) is 0. The Hall–Kier alpha value is -0.413. The molecule has 0 aromatic heterocycles. The first-order chi connectivity index (χ1) is 8.04. The third-order valence-corrected chi connectivity index (χ3v) is 5.26. The molecule has 17 heavy (non-hydrogen) atoms. The number of hydrogen-bond acceptors (Lipinski definition) is 1. The molecule has 0 aliphatic carbocycles. The molecule has 0 aliphatic rings. The van der Waals surface area contributed by atoms with Gasteiger partial charge < -0.3 is 4.74 Å². The average molecular weight is 306 g/mol. The van der Waals surface area contributed by atoms with Crippen LogP contribution < -0.4 is 9.92 Å². The van der Waals surface area contributed by atoms with E-state index in [0.717, 1.165) is 16.0 Å². The van der Waals surface area contributed by atoms with Crippen LogP contribution in [0.25, 0.3) is 10.8 Å². The summed E-state index contributed by atoms with van der Waals surface area (Å²) >= 11 is 18.5. The van der Waals surface area contributed by atoms with Crippen molar-refractivity contribution in [1.29, 1.82) is 0 Å². The lowest BCUT2D eigenvalue weighted by molar-refractivity contribution is 0.343. The van der Waals surface area contributed by atoms with Crippen LogP contribution in [0.5, 0.6) is 5.75 Å². The molecule has 0 bridgehead atoms. The Balaban J connectivity index is 2.75. The minimum Gasteiger partial charge on any atom is -0.494 e. The first kappa shape index (κ1) is 13.0. The number of benzene rings is 2. The summed E-state index contributed by atoms with van der Waals surface area (Å²) in [4.78, 5) is 0. The van der Waals surface area contributed by atoms with Gasteiger partial charge in [0, 0.05) is 5.19 Å². The van der Waals surface area contributed by atoms with E-state index in [1.165, 1.54) is 0 Å². The summed E-state index contributed by atoms with van der Waals surface area (Å²) in [5, 5.41) is 2.76. The molecule has 1 nitrogen and oxygen atoms in total. The number of ether oxygens (including phenoxy) is 1. The van der Waals surface area contributed by atoms with Gasteiger partial charge >= 0.3 is 6.00 Å². The summed E-state index contributed by atoms with van der Waals surface area (Å²) in [5.74, 6) is 0.679. The van der Waals surface area contributed by atoms with Crippen LogP contribution in [0.3, 0.4) is 0 Å². The molecule has 0 aliphatic heterocycles. The molecule has 0 amide bonds. The minimum atomic E-state index is -2.99. The van der Waals surface area contributed by atoms with Crippen LogP contribution >= 0.6 is 33.2 Å². The van der Waals surface area contributed by atoms with Crippen LogP contribution in [0.2, 0.25) is 0 Å². The van der Waals surface area contributed by atoms with Gasteiger partial charge in [0.25, 0.3) is 0 Å². The van der Waals surface area contributed by atoms with E-state index in [1.54, 1.807) is 0 Å². The number of rotatable bonds is 3. The van der Waals surface area contributed by atoms with Crippen molar-refractivity contribution >= 4 is 55.2 Å². The topological polar surface area (TPSA) is 9.23 Å². The quantitative estimate of drug-likeness (QED) is 0.613. The van der Waals surface area contributed by atoms with E-state index in [-0.39, 0.29) is 0 Å². The van der Waals surface area contributed by atoms with Gasteiger partial charge in [-0.2, -0.15) is 0 Å². The second-order valence-electron chi connectivity index (χ2n) is 3.59. The third kappa shape index (κ3) is 2.71. The van der Waals surface area contributed by atoms with Crippen molar-refractivity contribution in [3.8, 4) is 5.75 Å². The summed E-state index contributed by atoms with van der Waals surface area (Å²) in [6, 6.07) is 8.73. The Kier molecular flexibility index (Phi) is 3.88. The summed E-state index contributed by atoms with van der Waals surface area (Å²) in [6.45, 7) is 2.47. The third-order valence-electron chi connectivity index (χ3n) is 2.47. The zero-order valence-corrected chi connectivity index (χ0v) is 12.5. The first-order valence-corrected chi connectivity index (χ1v) is 10.3. The molecule has 90 valence electrons. The Bertz CT molecular complexity index is 537. The summed E-state index contributed by atoms with van der Waals surface area (Å²) < 4.78 is 5.55. The van der Waals surface area contributed by atoms with E-state index in [4.69, 9.17) is 38.0 Å². The fourth-order valence-corrected chi connectivity index (χ4v) is 4.54. The lowest BCUT2D eigenvalue weighted by Crippen LogP contribution is -2.32. The van der Waals surface area contributed by atoms with Crippen LogP contribution in [0, 0.1) is 0 Å². The van der Waals surface area contributed by atoms with E-state index in [1.807, 2.05) is 43.3 Å². The van der Waals surface area contributed by atoms with Crippen molar-refractivity contribution in [1.82, 2.24) is 0 Å². The van der Waals surface area contributed by atoms with Gasteiger partial charge in [0.1, 0.15) is 5.75 Å². The Morgan fingerprint density at radius 3 is 2.41 bits per heavy atom. The molecular formula is C12H11Cl3OSi. The smallest absolute Gasteiger partial charge is 0.377 e. The normalized spacial score (nSPS) is 11.8. The van der Waals surface area contributed by atoms with E-state index < -0.39 is 6.00 Å². The first-order valence-electron chi connectivity index (χ1n) is 5.25. The van der Waals surface area contributed by atoms with Crippen LogP contribution in [0.4, 0.5) is 0 Å². The average Bonchev–Trinajstić information content (AvgIpc) is 2.27. The Morgan fingerprint density at radius 1 is 1.06 bits per heavy atom. The van der Waals surface area contributed by atoms with Crippen molar-refractivity contribution in [2.75, 3.05) is 6.61 Å². The summed E-state index contributed by atoms with van der Waals surface area (Å²) in [5.41, 5.74) is 0. The number of fused-ring (bicyclic) bond motifs is 1. The van der Waals surface area contributed by atoms with Gasteiger partial charge in [-0.25, -0.2) is 0 Å². The standard InChI is InChI=1S/C12H11Cl3OSi/c1-2-16-11-8-7-9-5-3-4-6-10(9)12(11)17(13,14)15/h3-8H,2H2,1H3. The van der Waals surface area contributed by atoms with Crippen LogP contribution in [-0.4, -0.2) is 12.6 Å². The van der Waals surface area contributed by atoms with E-state index in [0.29, 0.717) is 12.4 Å². The lowest BCUT2D eigenvalue weighted by atomic mass is 10.1. The molecule has 2 rings (SSSR count). The highest BCUT2D eigenvalue weighted by Gasteiger charge is 2.33. The molecule has 0 unspecified atom stereocenters. The maximum absolute atomic E-state index is 6.17. The predicted molar refractivity (Wildman–Crippen MR) is 78.1 cm³/mol. The fourth-order valence-electron chi connectivity index (χ4n) is 1.82. The zero-order valence-electron chi connectivity index (χ0n) is 9.21. The van der Waals surface area contributed by atoms with E-state index in [9.17, 15) is 0 Å². The van der Waals surface area contributed by atoms with Crippen molar-refractivity contribution in [3.63, 3.8) is 0 Å². The van der Waals surface area contributed by atoms with E-state index >= 15 is 0 Å². The Labute approximate surface area is 115 Å². The SMILES string of the molecule is CCOc1ccc2ccccc2c1[Si](Cl)(Cl)Cl. The van der Waals surface area contributed by atoms with Crippen molar-refractivity contribution < 1.29 is 4.74 Å². The van der Waals surface area contributed by atoms with Gasteiger partial charge in [-0.15, -0.1) is 33.2 Å². The van der Waals surface area contributed by atoms with Crippen molar-refractivity contribution in [2.45, 2.75) is 6.92 Å². The van der Waals surface area contributed by atoms with Crippen molar-refractivity contribution in [3.05, 3.63) is 36.4 Å². The second kappa shape index (κ2) is 5.07. The summed E-state index contributed by atoms with van der Waals surface area (Å²) in [7, 11) is 0. The van der Waals surface area contributed by atoms with Crippen LogP contribution in [0.15, 0.2) is 36.4 Å². The number of halogens is 3. The molecule has 2 aromatic carbocycles. The molecule has 0 N–H and O–H groups in total. The molecule has 0 saturated heterocycles. The van der Waals surface area contributed by atoms with Gasteiger partial charge in [-0.3, -0.25) is 0 Å². The van der Waals surface area contributed by atoms with Crippen LogP contribution in [0.1, 0.15) is 6.92 Å². The van der Waals surface area contributed by atoms with Gasteiger partial charge in [-0.05, 0) is 23.8 Å². The maximum Gasteiger partial charge on any atom is 0.377 e. The highest BCUT2D eigenvalue weighted by Crippen LogP contribution is 2.29. The lowest BCUT2D eigenvalue weighted by Gasteiger charge is -2.17. The molecule has 0 spiro atoms. The van der Waals surface area contributed by atoms with E-state index in [2.05, 4.69) is 0 Å². The number of hydrogen-bond donors (Lipinski definition) is 0. The van der Waals surface area contributed by atoms with Gasteiger partial charge in [-0.1, -0.05) is 30.3 Å². The second-order valence-corrected chi connectivity index (χ2v) is 11.9. The molecule has 0 fully saturated rings. The van der Waals surface area contributed by atoms with Gasteiger partial charge in [0.2, 0.25) is 0 Å². The highest BCUT2D eigenvalue weighted by molar-refractivity contribution is 7.70. The fraction of sp³-hybridized carbons (Fsp3) is 0.167. The Morgan fingerprint density at radius 2 is 1.76 bits per heavy atom. The minimum absolute atomic E-state index is 0.556. The molecule has 0 heterocycles.